The van der Waals surface area contributed by atoms with Crippen LogP contribution in [0.15, 0.2) is 53.9 Å². The van der Waals surface area contributed by atoms with E-state index < -0.39 is 22.5 Å². The monoisotopic (exact) mass is 379 g/mol. The highest BCUT2D eigenvalue weighted by atomic mass is 35.5. The Morgan fingerprint density at radius 3 is 2.60 bits per heavy atom. The lowest BCUT2D eigenvalue weighted by molar-refractivity contribution is -0.143. The van der Waals surface area contributed by atoms with Crippen LogP contribution in [0.2, 0.25) is 5.02 Å². The maximum Gasteiger partial charge on any atom is 0.321 e. The Bertz CT molecular complexity index is 861. The minimum absolute atomic E-state index is 0.0281. The molecule has 0 heterocycles. The molecular weight excluding hydrogens is 362 g/mol. The van der Waals surface area contributed by atoms with E-state index >= 15 is 0 Å². The van der Waals surface area contributed by atoms with Crippen molar-refractivity contribution < 1.29 is 17.9 Å². The molecule has 0 aliphatic carbocycles. The first-order valence-corrected chi connectivity index (χ1v) is 9.41. The molecule has 0 aliphatic heterocycles. The molecule has 0 aliphatic rings. The van der Waals surface area contributed by atoms with Crippen LogP contribution in [0.1, 0.15) is 16.7 Å². The van der Waals surface area contributed by atoms with Gasteiger partial charge in [-0.15, -0.1) is 0 Å². The molecule has 0 radical (unpaired) electrons. The van der Waals surface area contributed by atoms with Gasteiger partial charge in [0.2, 0.25) is 10.0 Å². The number of nitrogens with one attached hydrogen (secondary N) is 1. The topological polar surface area (TPSA) is 72.5 Å². The van der Waals surface area contributed by atoms with Gasteiger partial charge in [0.05, 0.1) is 0 Å². The van der Waals surface area contributed by atoms with Gasteiger partial charge in [-0.3, -0.25) is 4.79 Å². The lowest BCUT2D eigenvalue weighted by atomic mass is 10.2. The average molecular weight is 380 g/mol. The summed E-state index contributed by atoms with van der Waals surface area (Å²) in [5.74, 6) is -0.674. The molecule has 7 heteroatoms. The Hall–Kier alpha value is -2.15. The standard InChI is InChI=1S/C18H18ClNO4S/c1-14-5-7-15(8-6-14)9-10-25(22,23)20-12-18(21)24-13-16-3-2-4-17(19)11-16/h2-11,20H,12-13H2,1H3/b10-9+. The zero-order valence-electron chi connectivity index (χ0n) is 13.6. The summed E-state index contributed by atoms with van der Waals surface area (Å²) in [6.45, 7) is 1.53. The van der Waals surface area contributed by atoms with Crippen LogP contribution in [0.5, 0.6) is 0 Å². The number of rotatable bonds is 7. The summed E-state index contributed by atoms with van der Waals surface area (Å²) in [5.41, 5.74) is 2.56. The van der Waals surface area contributed by atoms with Crippen LogP contribution < -0.4 is 4.72 Å². The van der Waals surface area contributed by atoms with Crippen molar-refractivity contribution >= 4 is 33.7 Å². The fourth-order valence-corrected chi connectivity index (χ4v) is 2.86. The second-order valence-electron chi connectivity index (χ2n) is 5.37. The van der Waals surface area contributed by atoms with E-state index in [-0.39, 0.29) is 6.61 Å². The third-order valence-corrected chi connectivity index (χ3v) is 4.50. The summed E-state index contributed by atoms with van der Waals surface area (Å²) < 4.78 is 30.9. The molecule has 0 saturated carbocycles. The number of carbonyl (C=O) groups excluding carboxylic acids is 1. The van der Waals surface area contributed by atoms with E-state index in [0.717, 1.165) is 22.1 Å². The van der Waals surface area contributed by atoms with E-state index in [1.165, 1.54) is 6.08 Å². The molecule has 0 bridgehead atoms. The number of carbonyl (C=O) groups is 1. The number of hydrogen-bond donors (Lipinski definition) is 1. The quantitative estimate of drug-likeness (QED) is 0.749. The summed E-state index contributed by atoms with van der Waals surface area (Å²) in [6, 6.07) is 14.3. The molecular formula is C18H18ClNO4S. The molecule has 0 unspecified atom stereocenters. The van der Waals surface area contributed by atoms with Gasteiger partial charge in [0, 0.05) is 10.4 Å². The van der Waals surface area contributed by atoms with E-state index in [1.54, 1.807) is 36.4 Å². The molecule has 132 valence electrons. The third-order valence-electron chi connectivity index (χ3n) is 3.22. The average Bonchev–Trinajstić information content (AvgIpc) is 2.58. The van der Waals surface area contributed by atoms with Crippen molar-refractivity contribution in [2.45, 2.75) is 13.5 Å². The highest BCUT2D eigenvalue weighted by Gasteiger charge is 2.10. The van der Waals surface area contributed by atoms with Crippen molar-refractivity contribution in [1.29, 1.82) is 0 Å². The zero-order chi connectivity index (χ0) is 18.3. The molecule has 2 rings (SSSR count). The predicted molar refractivity (Wildman–Crippen MR) is 98.4 cm³/mol. The number of esters is 1. The number of benzene rings is 2. The van der Waals surface area contributed by atoms with Gasteiger partial charge in [-0.25, -0.2) is 13.1 Å². The van der Waals surface area contributed by atoms with Crippen molar-refractivity contribution in [2.24, 2.45) is 0 Å². The van der Waals surface area contributed by atoms with Gasteiger partial charge < -0.3 is 4.74 Å². The minimum atomic E-state index is -3.73. The minimum Gasteiger partial charge on any atom is -0.460 e. The van der Waals surface area contributed by atoms with E-state index in [1.807, 2.05) is 19.1 Å². The predicted octanol–water partition coefficient (Wildman–Crippen LogP) is 3.28. The number of ether oxygens (including phenoxy) is 1. The molecule has 0 spiro atoms. The highest BCUT2D eigenvalue weighted by molar-refractivity contribution is 7.92. The van der Waals surface area contributed by atoms with Gasteiger partial charge in [-0.1, -0.05) is 53.6 Å². The Morgan fingerprint density at radius 2 is 1.92 bits per heavy atom. The first-order chi connectivity index (χ1) is 11.8. The first-order valence-electron chi connectivity index (χ1n) is 7.48. The molecule has 0 aromatic heterocycles. The van der Waals surface area contributed by atoms with E-state index in [2.05, 4.69) is 4.72 Å². The molecule has 5 nitrogen and oxygen atoms in total. The maximum atomic E-state index is 11.9. The molecule has 0 fully saturated rings. The van der Waals surface area contributed by atoms with Crippen LogP contribution >= 0.6 is 11.6 Å². The zero-order valence-corrected chi connectivity index (χ0v) is 15.2. The van der Waals surface area contributed by atoms with Crippen LogP contribution in [-0.2, 0) is 26.2 Å². The molecule has 0 saturated heterocycles. The lowest BCUT2D eigenvalue weighted by Crippen LogP contribution is -2.29. The Morgan fingerprint density at radius 1 is 1.20 bits per heavy atom. The van der Waals surface area contributed by atoms with Gasteiger partial charge in [-0.2, -0.15) is 0 Å². The third kappa shape index (κ3) is 7.09. The van der Waals surface area contributed by atoms with Crippen LogP contribution in [-0.4, -0.2) is 20.9 Å². The lowest BCUT2D eigenvalue weighted by Gasteiger charge is -2.06. The van der Waals surface area contributed by atoms with Crippen molar-refractivity contribution in [2.75, 3.05) is 6.54 Å². The Labute approximate surface area is 152 Å². The van der Waals surface area contributed by atoms with Gasteiger partial charge in [0.25, 0.3) is 0 Å². The second-order valence-corrected chi connectivity index (χ2v) is 7.46. The van der Waals surface area contributed by atoms with E-state index in [0.29, 0.717) is 5.02 Å². The maximum absolute atomic E-state index is 11.9. The van der Waals surface area contributed by atoms with Gasteiger partial charge >= 0.3 is 5.97 Å². The number of sulfonamides is 1. The van der Waals surface area contributed by atoms with Crippen LogP contribution in [0.3, 0.4) is 0 Å². The summed E-state index contributed by atoms with van der Waals surface area (Å²) in [5, 5.41) is 1.55. The van der Waals surface area contributed by atoms with Crippen molar-refractivity contribution in [3.8, 4) is 0 Å². The highest BCUT2D eigenvalue weighted by Crippen LogP contribution is 2.11. The largest absolute Gasteiger partial charge is 0.460 e. The summed E-state index contributed by atoms with van der Waals surface area (Å²) in [6.07, 6.45) is 1.46. The molecule has 0 atom stereocenters. The molecule has 2 aromatic carbocycles. The van der Waals surface area contributed by atoms with Crippen LogP contribution in [0.25, 0.3) is 6.08 Å². The van der Waals surface area contributed by atoms with Crippen molar-refractivity contribution in [3.63, 3.8) is 0 Å². The summed E-state index contributed by atoms with van der Waals surface area (Å²) in [7, 11) is -3.73. The number of hydrogen-bond acceptors (Lipinski definition) is 4. The second kappa shape index (κ2) is 8.80. The van der Waals surface area contributed by atoms with E-state index in [9.17, 15) is 13.2 Å². The Kier molecular flexibility index (Phi) is 6.75. The van der Waals surface area contributed by atoms with Gasteiger partial charge in [0.1, 0.15) is 13.2 Å². The first kappa shape index (κ1) is 19.2. The number of halogens is 1. The van der Waals surface area contributed by atoms with Crippen LogP contribution in [0, 0.1) is 6.92 Å². The number of aryl methyl sites for hydroxylation is 1. The van der Waals surface area contributed by atoms with Crippen molar-refractivity contribution in [1.82, 2.24) is 4.72 Å². The van der Waals surface area contributed by atoms with Gasteiger partial charge in [0.15, 0.2) is 0 Å². The molecule has 25 heavy (non-hydrogen) atoms. The SMILES string of the molecule is Cc1ccc(/C=C/S(=O)(=O)NCC(=O)OCc2cccc(Cl)c2)cc1. The fraction of sp³-hybridized carbons (Fsp3) is 0.167. The normalized spacial score (nSPS) is 11.6. The Balaban J connectivity index is 1.82. The summed E-state index contributed by atoms with van der Waals surface area (Å²) in [4.78, 5) is 11.7. The van der Waals surface area contributed by atoms with E-state index in [4.69, 9.17) is 16.3 Å². The molecule has 1 N–H and O–H groups in total. The van der Waals surface area contributed by atoms with Crippen LogP contribution in [0.4, 0.5) is 0 Å². The summed E-state index contributed by atoms with van der Waals surface area (Å²) >= 11 is 5.84. The smallest absolute Gasteiger partial charge is 0.321 e. The van der Waals surface area contributed by atoms with Gasteiger partial charge in [-0.05, 0) is 36.3 Å². The molecule has 0 amide bonds. The molecule has 2 aromatic rings. The fourth-order valence-electron chi connectivity index (χ4n) is 1.89. The van der Waals surface area contributed by atoms with Crippen molar-refractivity contribution in [3.05, 3.63) is 75.7 Å².